The number of para-hydroxylation sites is 3. The van der Waals surface area contributed by atoms with Gasteiger partial charge in [0.25, 0.3) is 0 Å². The molecule has 3 nitrogen and oxygen atoms in total. The number of anilines is 3. The summed E-state index contributed by atoms with van der Waals surface area (Å²) in [4.78, 5) is 2.38. The van der Waals surface area contributed by atoms with Crippen molar-refractivity contribution >= 4 is 82.8 Å². The summed E-state index contributed by atoms with van der Waals surface area (Å²) >= 11 is 0. The topological polar surface area (TPSA) is 21.3 Å². The Balaban J connectivity index is 0.872. The molecule has 0 amide bonds. The minimum atomic E-state index is 0.338. The van der Waals surface area contributed by atoms with Crippen LogP contribution >= 0.6 is 0 Å². The first kappa shape index (κ1) is 39.7. The Bertz CT molecular complexity index is 3890. The second kappa shape index (κ2) is 16.3. The SMILES string of the molecule is CC1CC=CC(n2c3ccccc3c3ccccc32)=C1c1ccc(N(c2ccc(-c3ccc(-c4cccc(-c5ccc6ccccc6c5)c4)cc3)cc2)c2cccc3oc4ccccc4c23)cc1. The van der Waals surface area contributed by atoms with Gasteiger partial charge in [-0.3, -0.25) is 0 Å². The summed E-state index contributed by atoms with van der Waals surface area (Å²) < 4.78 is 8.92. The van der Waals surface area contributed by atoms with Crippen LogP contribution in [0.15, 0.2) is 247 Å². The zero-order valence-corrected chi connectivity index (χ0v) is 37.7. The third kappa shape index (κ3) is 6.74. The molecule has 1 atom stereocenters. The van der Waals surface area contributed by atoms with Gasteiger partial charge in [0, 0.05) is 33.2 Å². The fourth-order valence-electron chi connectivity index (χ4n) is 10.7. The van der Waals surface area contributed by atoms with Gasteiger partial charge >= 0.3 is 0 Å². The molecule has 0 spiro atoms. The van der Waals surface area contributed by atoms with Gasteiger partial charge in [0.2, 0.25) is 0 Å². The highest BCUT2D eigenvalue weighted by atomic mass is 16.3. The van der Waals surface area contributed by atoms with Crippen LogP contribution in [0.25, 0.3) is 99.2 Å². The van der Waals surface area contributed by atoms with Crippen LogP contribution in [0.1, 0.15) is 18.9 Å². The highest BCUT2D eigenvalue weighted by Crippen LogP contribution is 2.45. The number of aromatic nitrogens is 1. The van der Waals surface area contributed by atoms with Crippen LogP contribution in [0.3, 0.4) is 0 Å². The maximum absolute atomic E-state index is 6.45. The first-order valence-electron chi connectivity index (χ1n) is 23.6. The van der Waals surface area contributed by atoms with Crippen LogP contribution in [0.5, 0.6) is 0 Å². The normalized spacial score (nSPS) is 13.9. The Labute approximate surface area is 395 Å². The van der Waals surface area contributed by atoms with Crippen molar-refractivity contribution in [3.63, 3.8) is 0 Å². The van der Waals surface area contributed by atoms with E-state index in [0.29, 0.717) is 5.92 Å². The Morgan fingerprint density at radius 3 is 1.65 bits per heavy atom. The molecular formula is C65H46N2O. The van der Waals surface area contributed by atoms with Gasteiger partial charge in [0.1, 0.15) is 11.2 Å². The molecule has 0 fully saturated rings. The lowest BCUT2D eigenvalue weighted by molar-refractivity contribution is 0.669. The Kier molecular flexibility index (Phi) is 9.54. The Morgan fingerprint density at radius 1 is 0.426 bits per heavy atom. The van der Waals surface area contributed by atoms with E-state index in [2.05, 4.69) is 253 Å². The predicted molar refractivity (Wildman–Crippen MR) is 288 cm³/mol. The number of hydrogen-bond acceptors (Lipinski definition) is 2. The largest absolute Gasteiger partial charge is 0.456 e. The number of furan rings is 1. The van der Waals surface area contributed by atoms with Crippen molar-refractivity contribution < 1.29 is 4.42 Å². The molecule has 2 heterocycles. The molecule has 322 valence electrons. The van der Waals surface area contributed by atoms with Gasteiger partial charge in [-0.05, 0) is 140 Å². The van der Waals surface area contributed by atoms with Crippen molar-refractivity contribution in [2.45, 2.75) is 13.3 Å². The number of fused-ring (bicyclic) bond motifs is 7. The van der Waals surface area contributed by atoms with Crippen molar-refractivity contribution in [2.24, 2.45) is 5.92 Å². The van der Waals surface area contributed by atoms with Gasteiger partial charge in [-0.2, -0.15) is 0 Å². The minimum absolute atomic E-state index is 0.338. The van der Waals surface area contributed by atoms with Crippen LogP contribution in [0.4, 0.5) is 17.1 Å². The number of benzene rings is 10. The summed E-state index contributed by atoms with van der Waals surface area (Å²) in [6, 6.07) is 83.7. The highest BCUT2D eigenvalue weighted by molar-refractivity contribution is 6.14. The summed E-state index contributed by atoms with van der Waals surface area (Å²) in [6.07, 6.45) is 5.66. The van der Waals surface area contributed by atoms with Crippen molar-refractivity contribution in [1.82, 2.24) is 4.57 Å². The zero-order valence-electron chi connectivity index (χ0n) is 37.7. The van der Waals surface area contributed by atoms with E-state index >= 15 is 0 Å². The second-order valence-electron chi connectivity index (χ2n) is 18.1. The van der Waals surface area contributed by atoms with Crippen LogP contribution in [-0.2, 0) is 0 Å². The van der Waals surface area contributed by atoms with Crippen LogP contribution in [0, 0.1) is 5.92 Å². The fourth-order valence-corrected chi connectivity index (χ4v) is 10.7. The maximum Gasteiger partial charge on any atom is 0.137 e. The van der Waals surface area contributed by atoms with E-state index in [4.69, 9.17) is 4.42 Å². The zero-order chi connectivity index (χ0) is 45.1. The molecule has 13 rings (SSSR count). The first-order chi connectivity index (χ1) is 33.6. The third-order valence-electron chi connectivity index (χ3n) is 14.0. The third-order valence-corrected chi connectivity index (χ3v) is 14.0. The quantitative estimate of drug-likeness (QED) is 0.152. The summed E-state index contributed by atoms with van der Waals surface area (Å²) in [5, 5.41) is 7.25. The molecule has 0 radical (unpaired) electrons. The van der Waals surface area contributed by atoms with Gasteiger partial charge < -0.3 is 13.9 Å². The minimum Gasteiger partial charge on any atom is -0.456 e. The summed E-state index contributed by atoms with van der Waals surface area (Å²) in [5.41, 5.74) is 18.4. The Hall–Kier alpha value is -8.66. The molecule has 1 unspecified atom stereocenters. The van der Waals surface area contributed by atoms with E-state index in [1.807, 2.05) is 6.07 Å². The van der Waals surface area contributed by atoms with E-state index in [9.17, 15) is 0 Å². The smallest absolute Gasteiger partial charge is 0.137 e. The number of hydrogen-bond donors (Lipinski definition) is 0. The van der Waals surface area contributed by atoms with Gasteiger partial charge in [-0.1, -0.05) is 177 Å². The molecule has 10 aromatic carbocycles. The lowest BCUT2D eigenvalue weighted by atomic mass is 9.86. The van der Waals surface area contributed by atoms with E-state index < -0.39 is 0 Å². The van der Waals surface area contributed by atoms with E-state index in [1.165, 1.54) is 77.2 Å². The number of rotatable bonds is 8. The first-order valence-corrected chi connectivity index (χ1v) is 23.6. The van der Waals surface area contributed by atoms with Crippen LogP contribution in [0.2, 0.25) is 0 Å². The fraction of sp³-hybridized carbons (Fsp3) is 0.0462. The van der Waals surface area contributed by atoms with Crippen molar-refractivity contribution in [2.75, 3.05) is 4.90 Å². The van der Waals surface area contributed by atoms with E-state index in [1.54, 1.807) is 0 Å². The predicted octanol–water partition coefficient (Wildman–Crippen LogP) is 18.3. The lowest BCUT2D eigenvalue weighted by Gasteiger charge is -2.28. The summed E-state index contributed by atoms with van der Waals surface area (Å²) in [7, 11) is 0. The summed E-state index contributed by atoms with van der Waals surface area (Å²) in [5.74, 6) is 0.338. The van der Waals surface area contributed by atoms with Gasteiger partial charge in [-0.25, -0.2) is 0 Å². The molecule has 0 saturated carbocycles. The average molecular weight is 871 g/mol. The molecule has 0 saturated heterocycles. The monoisotopic (exact) mass is 870 g/mol. The molecule has 2 aromatic heterocycles. The second-order valence-corrected chi connectivity index (χ2v) is 18.1. The molecule has 1 aliphatic rings. The van der Waals surface area contributed by atoms with Crippen LogP contribution in [-0.4, -0.2) is 4.57 Å². The van der Waals surface area contributed by atoms with E-state index in [-0.39, 0.29) is 0 Å². The highest BCUT2D eigenvalue weighted by Gasteiger charge is 2.24. The maximum atomic E-state index is 6.45. The van der Waals surface area contributed by atoms with E-state index in [0.717, 1.165) is 51.0 Å². The van der Waals surface area contributed by atoms with Gasteiger partial charge in [0.15, 0.2) is 0 Å². The lowest BCUT2D eigenvalue weighted by Crippen LogP contribution is -2.11. The summed E-state index contributed by atoms with van der Waals surface area (Å²) in [6.45, 7) is 2.36. The van der Waals surface area contributed by atoms with Crippen molar-refractivity contribution in [3.05, 3.63) is 248 Å². The molecule has 0 bridgehead atoms. The van der Waals surface area contributed by atoms with Gasteiger partial charge in [0.05, 0.1) is 22.1 Å². The van der Waals surface area contributed by atoms with Crippen LogP contribution < -0.4 is 4.90 Å². The molecule has 12 aromatic rings. The van der Waals surface area contributed by atoms with Crippen molar-refractivity contribution in [3.8, 4) is 33.4 Å². The molecule has 68 heavy (non-hydrogen) atoms. The molecule has 1 aliphatic carbocycles. The standard InChI is InChI=1S/C65H46N2O/c1-43-13-10-23-60(67-58-21-7-4-18-55(58)56-19-5-8-22-59(56)67)64(43)48-35-39-54(40-36-48)66(61-24-12-26-63-65(61)57-20-6-9-25-62(57)68-63)53-37-33-46(34-38-53)45-27-29-47(30-28-45)50-16-11-17-51(41-50)52-32-31-44-14-2-3-15-49(44)42-52/h2-12,14-43H,13H2,1H3. The number of nitrogens with zero attached hydrogens (tertiary/aromatic N) is 2. The Morgan fingerprint density at radius 2 is 0.941 bits per heavy atom. The van der Waals surface area contributed by atoms with Gasteiger partial charge in [-0.15, -0.1) is 0 Å². The molecule has 0 N–H and O–H groups in total. The number of allylic oxidation sites excluding steroid dienone is 4. The molecule has 3 heteroatoms. The van der Waals surface area contributed by atoms with Crippen molar-refractivity contribution in [1.29, 1.82) is 0 Å². The molecular weight excluding hydrogens is 825 g/mol. The average Bonchev–Trinajstić information content (AvgIpc) is 3.96. The molecule has 0 aliphatic heterocycles.